The Balaban J connectivity index is 2.38. The number of hydrogen-bond acceptors (Lipinski definition) is 2. The molecule has 1 atom stereocenters. The third kappa shape index (κ3) is 5.05. The Morgan fingerprint density at radius 3 is 2.79 bits per heavy atom. The molecule has 2 heteroatoms. The Kier molecular flexibility index (Phi) is 5.35. The predicted molar refractivity (Wildman–Crippen MR) is 57.0 cm³/mol. The van der Waals surface area contributed by atoms with E-state index in [-0.39, 0.29) is 12.1 Å². The van der Waals surface area contributed by atoms with Gasteiger partial charge in [-0.05, 0) is 32.6 Å². The highest BCUT2D eigenvalue weighted by Gasteiger charge is 2.06. The molecule has 0 amide bonds. The van der Waals surface area contributed by atoms with E-state index in [9.17, 15) is 4.79 Å². The van der Waals surface area contributed by atoms with Gasteiger partial charge in [0.15, 0.2) is 0 Å². The molecule has 14 heavy (non-hydrogen) atoms. The van der Waals surface area contributed by atoms with E-state index in [0.717, 1.165) is 12.8 Å². The van der Waals surface area contributed by atoms with Gasteiger partial charge in [0.05, 0.1) is 6.10 Å². The molecule has 0 saturated heterocycles. The maximum Gasteiger partial charge on any atom is 0.330 e. The molecule has 0 spiro atoms. The number of allylic oxidation sites excluding steroid dienone is 1. The van der Waals surface area contributed by atoms with Crippen molar-refractivity contribution in [2.24, 2.45) is 0 Å². The largest absolute Gasteiger partial charge is 0.460 e. The average molecular weight is 196 g/mol. The first kappa shape index (κ1) is 11.3. The van der Waals surface area contributed by atoms with Crippen molar-refractivity contribution in [2.75, 3.05) is 0 Å². The maximum absolute atomic E-state index is 11.2. The molecule has 1 unspecified atom stereocenters. The fourth-order valence-electron chi connectivity index (χ4n) is 1.70. The lowest BCUT2D eigenvalue weighted by Crippen LogP contribution is -2.12. The molecule has 2 nitrogen and oxygen atoms in total. The van der Waals surface area contributed by atoms with Gasteiger partial charge in [-0.2, -0.15) is 0 Å². The van der Waals surface area contributed by atoms with Gasteiger partial charge in [0.1, 0.15) is 0 Å². The molecule has 0 bridgehead atoms. The topological polar surface area (TPSA) is 26.3 Å². The summed E-state index contributed by atoms with van der Waals surface area (Å²) in [5.74, 6) is -0.182. The molecular weight excluding hydrogens is 176 g/mol. The van der Waals surface area contributed by atoms with Crippen LogP contribution in [0.1, 0.15) is 51.9 Å². The van der Waals surface area contributed by atoms with Crippen LogP contribution in [0.25, 0.3) is 0 Å². The molecule has 0 fully saturated rings. The smallest absolute Gasteiger partial charge is 0.330 e. The van der Waals surface area contributed by atoms with Gasteiger partial charge in [0.25, 0.3) is 0 Å². The number of ether oxygens (including phenoxy) is 1. The summed E-state index contributed by atoms with van der Waals surface area (Å²) in [6.07, 6.45) is 11.8. The van der Waals surface area contributed by atoms with E-state index in [1.165, 1.54) is 32.1 Å². The minimum atomic E-state index is -0.182. The lowest BCUT2D eigenvalue weighted by Gasteiger charge is -2.12. The Bertz CT molecular complexity index is 196. The van der Waals surface area contributed by atoms with Crippen LogP contribution in [0.5, 0.6) is 0 Å². The van der Waals surface area contributed by atoms with E-state index >= 15 is 0 Å². The zero-order valence-corrected chi connectivity index (χ0v) is 9.00. The van der Waals surface area contributed by atoms with Gasteiger partial charge in [0.2, 0.25) is 0 Å². The number of esters is 1. The highest BCUT2D eigenvalue weighted by atomic mass is 16.5. The van der Waals surface area contributed by atoms with Gasteiger partial charge in [-0.15, -0.1) is 0 Å². The molecule has 0 aliphatic carbocycles. The SMILES string of the molecule is CC1CCCCCCC/C=C\C(=O)O1. The van der Waals surface area contributed by atoms with Crippen LogP contribution in [0.15, 0.2) is 12.2 Å². The maximum atomic E-state index is 11.2. The monoisotopic (exact) mass is 196 g/mol. The number of rotatable bonds is 0. The number of carbonyl (C=O) groups excluding carboxylic acids is 1. The molecule has 0 saturated carbocycles. The van der Waals surface area contributed by atoms with Crippen LogP contribution in [0, 0.1) is 0 Å². The lowest BCUT2D eigenvalue weighted by molar-refractivity contribution is -0.142. The average Bonchev–Trinajstić information content (AvgIpc) is 2.13. The van der Waals surface area contributed by atoms with Crippen LogP contribution in [-0.2, 0) is 9.53 Å². The summed E-state index contributed by atoms with van der Waals surface area (Å²) in [7, 11) is 0. The van der Waals surface area contributed by atoms with Crippen molar-refractivity contribution >= 4 is 5.97 Å². The number of carbonyl (C=O) groups is 1. The van der Waals surface area contributed by atoms with Crippen molar-refractivity contribution in [3.8, 4) is 0 Å². The van der Waals surface area contributed by atoms with Crippen molar-refractivity contribution in [2.45, 2.75) is 58.0 Å². The first-order chi connectivity index (χ1) is 6.79. The zero-order chi connectivity index (χ0) is 10.2. The molecule has 0 radical (unpaired) electrons. The van der Waals surface area contributed by atoms with Gasteiger partial charge in [-0.25, -0.2) is 4.79 Å². The second kappa shape index (κ2) is 6.63. The molecule has 0 aromatic rings. The quantitative estimate of drug-likeness (QED) is 0.556. The van der Waals surface area contributed by atoms with E-state index in [4.69, 9.17) is 4.74 Å². The molecular formula is C12H20O2. The van der Waals surface area contributed by atoms with E-state index in [2.05, 4.69) is 0 Å². The first-order valence-corrected chi connectivity index (χ1v) is 5.66. The van der Waals surface area contributed by atoms with Gasteiger partial charge in [-0.1, -0.05) is 25.3 Å². The predicted octanol–water partition coefficient (Wildman–Crippen LogP) is 3.22. The molecule has 0 aromatic carbocycles. The van der Waals surface area contributed by atoms with Crippen LogP contribution in [0.2, 0.25) is 0 Å². The Labute approximate surface area is 86.3 Å². The van der Waals surface area contributed by atoms with E-state index in [1.807, 2.05) is 13.0 Å². The highest BCUT2D eigenvalue weighted by Crippen LogP contribution is 2.12. The highest BCUT2D eigenvalue weighted by molar-refractivity contribution is 5.81. The summed E-state index contributed by atoms with van der Waals surface area (Å²) in [6, 6.07) is 0. The summed E-state index contributed by atoms with van der Waals surface area (Å²) >= 11 is 0. The minimum absolute atomic E-state index is 0.0755. The molecule has 1 aliphatic heterocycles. The summed E-state index contributed by atoms with van der Waals surface area (Å²) in [5, 5.41) is 0. The van der Waals surface area contributed by atoms with E-state index in [1.54, 1.807) is 6.08 Å². The normalized spacial score (nSPS) is 28.4. The third-order valence-corrected chi connectivity index (χ3v) is 2.55. The van der Waals surface area contributed by atoms with Crippen LogP contribution in [0.4, 0.5) is 0 Å². The molecule has 0 N–H and O–H groups in total. The number of cyclic esters (lactones) is 1. The van der Waals surface area contributed by atoms with Crippen LogP contribution >= 0.6 is 0 Å². The summed E-state index contributed by atoms with van der Waals surface area (Å²) < 4.78 is 5.20. The van der Waals surface area contributed by atoms with Gasteiger partial charge in [0, 0.05) is 6.08 Å². The Morgan fingerprint density at radius 2 is 1.93 bits per heavy atom. The second-order valence-electron chi connectivity index (χ2n) is 3.99. The fourth-order valence-corrected chi connectivity index (χ4v) is 1.70. The standard InChI is InChI=1S/C12H20O2/c1-11-9-7-5-3-2-4-6-8-10-12(13)14-11/h8,10-11H,2-7,9H2,1H3/b10-8-. The summed E-state index contributed by atoms with van der Waals surface area (Å²) in [5.41, 5.74) is 0. The fraction of sp³-hybridized carbons (Fsp3) is 0.750. The van der Waals surface area contributed by atoms with Crippen LogP contribution in [0.3, 0.4) is 0 Å². The summed E-state index contributed by atoms with van der Waals surface area (Å²) in [6.45, 7) is 1.97. The third-order valence-electron chi connectivity index (χ3n) is 2.55. The Hall–Kier alpha value is -0.790. The van der Waals surface area contributed by atoms with Gasteiger partial charge in [-0.3, -0.25) is 0 Å². The lowest BCUT2D eigenvalue weighted by atomic mass is 10.1. The van der Waals surface area contributed by atoms with Crippen molar-refractivity contribution in [3.63, 3.8) is 0 Å². The second-order valence-corrected chi connectivity index (χ2v) is 3.99. The molecule has 0 aromatic heterocycles. The summed E-state index contributed by atoms with van der Waals surface area (Å²) in [4.78, 5) is 11.2. The van der Waals surface area contributed by atoms with Crippen molar-refractivity contribution < 1.29 is 9.53 Å². The number of hydrogen-bond donors (Lipinski definition) is 0. The molecule has 1 heterocycles. The van der Waals surface area contributed by atoms with E-state index < -0.39 is 0 Å². The Morgan fingerprint density at radius 1 is 1.21 bits per heavy atom. The van der Waals surface area contributed by atoms with Gasteiger partial charge < -0.3 is 4.74 Å². The van der Waals surface area contributed by atoms with Crippen molar-refractivity contribution in [1.29, 1.82) is 0 Å². The molecule has 1 rings (SSSR count). The molecule has 80 valence electrons. The first-order valence-electron chi connectivity index (χ1n) is 5.66. The van der Waals surface area contributed by atoms with Crippen LogP contribution in [-0.4, -0.2) is 12.1 Å². The van der Waals surface area contributed by atoms with Crippen LogP contribution < -0.4 is 0 Å². The zero-order valence-electron chi connectivity index (χ0n) is 9.00. The molecule has 1 aliphatic rings. The minimum Gasteiger partial charge on any atom is -0.460 e. The van der Waals surface area contributed by atoms with Gasteiger partial charge >= 0.3 is 5.97 Å². The van der Waals surface area contributed by atoms with E-state index in [0.29, 0.717) is 0 Å². The van der Waals surface area contributed by atoms with Crippen molar-refractivity contribution in [3.05, 3.63) is 12.2 Å². The van der Waals surface area contributed by atoms with Crippen molar-refractivity contribution in [1.82, 2.24) is 0 Å².